The van der Waals surface area contributed by atoms with Gasteiger partial charge in [0.2, 0.25) is 0 Å². The fraction of sp³-hybridized carbons (Fsp3) is 0.596. The molecule has 0 saturated heterocycles. The lowest BCUT2D eigenvalue weighted by atomic mass is 9.97. The van der Waals surface area contributed by atoms with Gasteiger partial charge < -0.3 is 94.7 Å². The van der Waals surface area contributed by atoms with E-state index in [0.717, 1.165) is 46.6 Å². The van der Waals surface area contributed by atoms with Gasteiger partial charge in [0.15, 0.2) is 0 Å². The van der Waals surface area contributed by atoms with Gasteiger partial charge in [-0.3, -0.25) is 0 Å². The molecular weight excluding hydrogens is 1450 g/mol. The maximum absolute atomic E-state index is 6.39. The number of benzene rings is 5. The Bertz CT molecular complexity index is 3110. The summed E-state index contributed by atoms with van der Waals surface area (Å²) in [5.41, 5.74) is 5.97. The quantitative estimate of drug-likeness (QED) is 0.0264. The maximum atomic E-state index is 6.39. The molecule has 0 aromatic heterocycles. The van der Waals surface area contributed by atoms with E-state index in [-0.39, 0.29) is 11.8 Å². The molecule has 630 valence electrons. The van der Waals surface area contributed by atoms with Gasteiger partial charge in [-0.25, -0.2) is 0 Å². The molecule has 0 N–H and O–H groups in total. The molecule has 0 radical (unpaired) electrons. The fourth-order valence-electron chi connectivity index (χ4n) is 11.0. The summed E-state index contributed by atoms with van der Waals surface area (Å²) < 4.78 is 115. The van der Waals surface area contributed by atoms with Crippen molar-refractivity contribution in [3.8, 4) is 70.4 Å². The van der Waals surface area contributed by atoms with Crippen molar-refractivity contribution in [3.05, 3.63) is 154 Å². The molecule has 0 aliphatic rings. The Hall–Kier alpha value is -7.10. The molecule has 20 nitrogen and oxygen atoms in total. The van der Waals surface area contributed by atoms with Crippen LogP contribution in [0.15, 0.2) is 109 Å². The molecule has 0 unspecified atom stereocenters. The summed E-state index contributed by atoms with van der Waals surface area (Å²) in [4.78, 5) is 0. The summed E-state index contributed by atoms with van der Waals surface area (Å²) in [7, 11) is 6.59. The summed E-state index contributed by atoms with van der Waals surface area (Å²) in [5.74, 6) is 30.6. The minimum atomic E-state index is -0.0816. The third-order valence-corrected chi connectivity index (χ3v) is 17.6. The van der Waals surface area contributed by atoms with Crippen molar-refractivity contribution in [1.29, 1.82) is 0 Å². The van der Waals surface area contributed by atoms with E-state index in [0.29, 0.717) is 245 Å². The largest absolute Gasteiger partial charge is 0.494 e. The zero-order valence-electron chi connectivity index (χ0n) is 69.7. The zero-order chi connectivity index (χ0) is 80.6. The first-order valence-electron chi connectivity index (χ1n) is 41.5. The van der Waals surface area contributed by atoms with Crippen molar-refractivity contribution >= 4 is 0 Å². The Balaban J connectivity index is 1.42. The smallest absolute Gasteiger partial charge is 0.119 e. The van der Waals surface area contributed by atoms with Crippen molar-refractivity contribution < 1.29 is 94.7 Å². The molecule has 5 aromatic carbocycles. The predicted octanol–water partition coefficient (Wildman–Crippen LogP) is 15.1. The number of unbranched alkanes of at least 4 members (excludes halogenated alkanes) is 14. The number of hydrogen-bond donors (Lipinski definition) is 0. The third-order valence-electron chi connectivity index (χ3n) is 17.6. The van der Waals surface area contributed by atoms with Crippen LogP contribution in [0.2, 0.25) is 0 Å². The molecular formula is C94H134O20. The monoisotopic (exact) mass is 1580 g/mol. The topological polar surface area (TPSA) is 185 Å². The highest BCUT2D eigenvalue weighted by molar-refractivity contribution is 5.64. The summed E-state index contributed by atoms with van der Waals surface area (Å²) in [6, 6.07) is 35.5. The lowest BCUT2D eigenvalue weighted by Crippen LogP contribution is -2.25. The summed E-state index contributed by atoms with van der Waals surface area (Å²) in [6.45, 7) is 19.6. The highest BCUT2D eigenvalue weighted by Gasteiger charge is 2.15. The van der Waals surface area contributed by atoms with E-state index < -0.39 is 0 Å². The molecule has 5 aromatic rings. The van der Waals surface area contributed by atoms with E-state index >= 15 is 0 Å². The van der Waals surface area contributed by atoms with Gasteiger partial charge in [0.05, 0.1) is 211 Å². The molecule has 0 bridgehead atoms. The van der Waals surface area contributed by atoms with E-state index in [1.165, 1.54) is 89.9 Å². The molecule has 0 aliphatic carbocycles. The molecule has 0 heterocycles. The second-order valence-electron chi connectivity index (χ2n) is 27.2. The van der Waals surface area contributed by atoms with Crippen molar-refractivity contribution in [2.24, 2.45) is 11.8 Å². The van der Waals surface area contributed by atoms with Gasteiger partial charge >= 0.3 is 0 Å². The average molecular weight is 1580 g/mol. The normalized spacial score (nSPS) is 11.1. The SMILES string of the molecule is CCCCCCCCCCOc1ccc(C#Cc2cc(C#Cc3ccc(OCC(COCCOCCOCCOC)COCCOCCOCCOC)cc3)c(C#Cc3ccc(OCC(COCCOCCOCCOC)COCCOCCOCCOC)cc3)cc2C#Cc2ccc(OCCCCCCCCCC)cc2)cc1. The van der Waals surface area contributed by atoms with Gasteiger partial charge in [-0.15, -0.1) is 0 Å². The van der Waals surface area contributed by atoms with Crippen LogP contribution in [0.25, 0.3) is 0 Å². The van der Waals surface area contributed by atoms with Crippen molar-refractivity contribution in [1.82, 2.24) is 0 Å². The lowest BCUT2D eigenvalue weighted by molar-refractivity contribution is -0.0276. The predicted molar refractivity (Wildman–Crippen MR) is 448 cm³/mol. The molecule has 0 atom stereocenters. The van der Waals surface area contributed by atoms with Crippen molar-refractivity contribution in [2.45, 2.75) is 117 Å². The highest BCUT2D eigenvalue weighted by Crippen LogP contribution is 2.22. The minimum Gasteiger partial charge on any atom is -0.494 e. The van der Waals surface area contributed by atoms with Crippen LogP contribution >= 0.6 is 0 Å². The Morgan fingerprint density at radius 2 is 0.404 bits per heavy atom. The second-order valence-corrected chi connectivity index (χ2v) is 27.2. The van der Waals surface area contributed by atoms with Crippen molar-refractivity contribution in [2.75, 3.05) is 240 Å². The molecule has 0 fully saturated rings. The van der Waals surface area contributed by atoms with Crippen LogP contribution < -0.4 is 18.9 Å². The van der Waals surface area contributed by atoms with Gasteiger partial charge in [-0.2, -0.15) is 0 Å². The Kier molecular flexibility index (Phi) is 60.0. The van der Waals surface area contributed by atoms with Gasteiger partial charge in [-0.05, 0) is 122 Å². The first-order chi connectivity index (χ1) is 56.4. The first kappa shape index (κ1) is 97.5. The number of hydrogen-bond acceptors (Lipinski definition) is 20. The van der Waals surface area contributed by atoms with E-state index in [2.05, 4.69) is 61.2 Å². The Morgan fingerprint density at radius 3 is 0.632 bits per heavy atom. The second kappa shape index (κ2) is 70.1. The van der Waals surface area contributed by atoms with Gasteiger partial charge in [0.25, 0.3) is 0 Å². The highest BCUT2D eigenvalue weighted by atomic mass is 16.6. The summed E-state index contributed by atoms with van der Waals surface area (Å²) in [6.07, 6.45) is 19.9. The molecule has 0 saturated carbocycles. The minimum absolute atomic E-state index is 0.0816. The molecule has 0 spiro atoms. The fourth-order valence-corrected chi connectivity index (χ4v) is 11.0. The van der Waals surface area contributed by atoms with Crippen LogP contribution in [0.4, 0.5) is 0 Å². The average Bonchev–Trinajstić information content (AvgIpc) is 0.816. The van der Waals surface area contributed by atoms with Crippen LogP contribution in [0.3, 0.4) is 0 Å². The molecule has 0 aliphatic heterocycles. The number of methoxy groups -OCH3 is 4. The van der Waals surface area contributed by atoms with Crippen LogP contribution in [-0.2, 0) is 75.8 Å². The van der Waals surface area contributed by atoms with Gasteiger partial charge in [0, 0.05) is 84.8 Å². The third kappa shape index (κ3) is 51.1. The van der Waals surface area contributed by atoms with Crippen LogP contribution in [0, 0.1) is 59.2 Å². The van der Waals surface area contributed by atoms with E-state index in [1.807, 2.05) is 109 Å². The molecule has 20 heteroatoms. The van der Waals surface area contributed by atoms with Crippen LogP contribution in [0.5, 0.6) is 23.0 Å². The maximum Gasteiger partial charge on any atom is 0.119 e. The van der Waals surface area contributed by atoms with Crippen molar-refractivity contribution in [3.63, 3.8) is 0 Å². The molecule has 114 heavy (non-hydrogen) atoms. The summed E-state index contributed by atoms with van der Waals surface area (Å²) in [5, 5.41) is 0. The van der Waals surface area contributed by atoms with E-state index in [9.17, 15) is 0 Å². The lowest BCUT2D eigenvalue weighted by Gasteiger charge is -2.18. The van der Waals surface area contributed by atoms with Gasteiger partial charge in [-0.1, -0.05) is 151 Å². The van der Waals surface area contributed by atoms with Crippen LogP contribution in [0.1, 0.15) is 161 Å². The number of ether oxygens (including phenoxy) is 20. The first-order valence-corrected chi connectivity index (χ1v) is 41.5. The Labute approximate surface area is 683 Å². The summed E-state index contributed by atoms with van der Waals surface area (Å²) >= 11 is 0. The van der Waals surface area contributed by atoms with Crippen LogP contribution in [-0.4, -0.2) is 240 Å². The zero-order valence-corrected chi connectivity index (χ0v) is 69.7. The molecule has 0 amide bonds. The van der Waals surface area contributed by atoms with E-state index in [4.69, 9.17) is 94.7 Å². The number of rotatable bonds is 70. The van der Waals surface area contributed by atoms with E-state index in [1.54, 1.807) is 28.4 Å². The Morgan fingerprint density at radius 1 is 0.202 bits per heavy atom. The van der Waals surface area contributed by atoms with Gasteiger partial charge in [0.1, 0.15) is 23.0 Å². The molecule has 5 rings (SSSR count). The standard InChI is InChI=1S/C94H134O20/c1-7-9-11-13-15-17-19-21-47-111-91-39-27-81(28-40-91)23-35-87-73-89(37-25-83-31-43-93(44-32-83)113-79-85(75-107-69-65-103-61-57-99-53-49-95-3)76-108-70-66-104-62-58-100-54-50-96-4)90(74-88(87)36-24-82-29-41-92(42-30-82)112-48-22-20-18-16-14-12-10-8-2)38-26-84-33-45-94(46-34-84)114-80-86(77-109-71-67-105-63-59-101-55-51-97-5)78-110-72-68-106-64-60-102-56-52-98-6/h27-34,39-46,73-74,85-86H,7-22,47-72,75-80H2,1-6H3.